The summed E-state index contributed by atoms with van der Waals surface area (Å²) in [5.41, 5.74) is 2.69. The van der Waals surface area contributed by atoms with Crippen LogP contribution >= 0.6 is 0 Å². The van der Waals surface area contributed by atoms with Crippen LogP contribution in [0.3, 0.4) is 0 Å². The van der Waals surface area contributed by atoms with Crippen molar-refractivity contribution in [3.8, 4) is 5.75 Å². The van der Waals surface area contributed by atoms with E-state index < -0.39 is 0 Å². The number of carbonyl (C=O) groups excluding carboxylic acids is 1. The Bertz CT molecular complexity index is 976. The SMILES string of the molecule is COc1ccc(CNC(=O)c2cccc(N3CCN[C@@H](c4ccccc4)C3)n2)cc1. The zero-order valence-electron chi connectivity index (χ0n) is 17.0. The number of benzene rings is 2. The number of amides is 1. The van der Waals surface area contributed by atoms with E-state index >= 15 is 0 Å². The summed E-state index contributed by atoms with van der Waals surface area (Å²) in [4.78, 5) is 19.5. The van der Waals surface area contributed by atoms with Gasteiger partial charge in [0.15, 0.2) is 0 Å². The molecule has 1 amide bonds. The molecule has 30 heavy (non-hydrogen) atoms. The first-order valence-corrected chi connectivity index (χ1v) is 10.1. The van der Waals surface area contributed by atoms with E-state index in [0.717, 1.165) is 36.8 Å². The van der Waals surface area contributed by atoms with Crippen molar-refractivity contribution in [1.29, 1.82) is 0 Å². The number of hydrogen-bond acceptors (Lipinski definition) is 5. The van der Waals surface area contributed by atoms with E-state index in [1.54, 1.807) is 13.2 Å². The Morgan fingerprint density at radius 2 is 1.90 bits per heavy atom. The summed E-state index contributed by atoms with van der Waals surface area (Å²) >= 11 is 0. The molecule has 2 N–H and O–H groups in total. The Labute approximate surface area is 176 Å². The fourth-order valence-corrected chi connectivity index (χ4v) is 3.61. The molecule has 6 heteroatoms. The highest BCUT2D eigenvalue weighted by Crippen LogP contribution is 2.21. The first kappa shape index (κ1) is 19.9. The van der Waals surface area contributed by atoms with Crippen molar-refractivity contribution in [2.75, 3.05) is 31.6 Å². The van der Waals surface area contributed by atoms with Gasteiger partial charge in [-0.1, -0.05) is 48.5 Å². The molecule has 0 unspecified atom stereocenters. The average molecular weight is 402 g/mol. The molecule has 0 radical (unpaired) electrons. The molecule has 2 aromatic carbocycles. The minimum Gasteiger partial charge on any atom is -0.497 e. The third-order valence-electron chi connectivity index (χ3n) is 5.28. The number of rotatable bonds is 6. The van der Waals surface area contributed by atoms with Crippen LogP contribution in [0.15, 0.2) is 72.8 Å². The second-order valence-electron chi connectivity index (χ2n) is 7.28. The third-order valence-corrected chi connectivity index (χ3v) is 5.28. The highest BCUT2D eigenvalue weighted by molar-refractivity contribution is 5.92. The van der Waals surface area contributed by atoms with E-state index in [9.17, 15) is 4.79 Å². The molecule has 1 fully saturated rings. The zero-order chi connectivity index (χ0) is 20.8. The van der Waals surface area contributed by atoms with Crippen LogP contribution in [-0.4, -0.2) is 37.6 Å². The molecule has 6 nitrogen and oxygen atoms in total. The number of anilines is 1. The minimum atomic E-state index is -0.178. The van der Waals surface area contributed by atoms with Gasteiger partial charge in [0.25, 0.3) is 5.91 Å². The van der Waals surface area contributed by atoms with Crippen molar-refractivity contribution in [2.45, 2.75) is 12.6 Å². The minimum absolute atomic E-state index is 0.178. The van der Waals surface area contributed by atoms with Crippen molar-refractivity contribution in [1.82, 2.24) is 15.6 Å². The number of pyridine rings is 1. The number of carbonyl (C=O) groups is 1. The molecular formula is C24H26N4O2. The van der Waals surface area contributed by atoms with Gasteiger partial charge in [-0.2, -0.15) is 0 Å². The number of hydrogen-bond donors (Lipinski definition) is 2. The van der Waals surface area contributed by atoms with Crippen molar-refractivity contribution < 1.29 is 9.53 Å². The normalized spacial score (nSPS) is 16.2. The number of ether oxygens (including phenoxy) is 1. The summed E-state index contributed by atoms with van der Waals surface area (Å²) in [5, 5.41) is 6.51. The molecule has 3 aromatic rings. The molecule has 0 bridgehead atoms. The summed E-state index contributed by atoms with van der Waals surface area (Å²) in [6.07, 6.45) is 0. The topological polar surface area (TPSA) is 66.5 Å². The van der Waals surface area contributed by atoms with Crippen molar-refractivity contribution >= 4 is 11.7 Å². The van der Waals surface area contributed by atoms with Crippen LogP contribution in [0.25, 0.3) is 0 Å². The molecule has 2 heterocycles. The maximum Gasteiger partial charge on any atom is 0.270 e. The van der Waals surface area contributed by atoms with Gasteiger partial charge in [0, 0.05) is 32.2 Å². The lowest BCUT2D eigenvalue weighted by atomic mass is 10.0. The van der Waals surface area contributed by atoms with Crippen LogP contribution < -0.4 is 20.3 Å². The molecule has 1 atom stereocenters. The van der Waals surface area contributed by atoms with Crippen LogP contribution in [0.5, 0.6) is 5.75 Å². The van der Waals surface area contributed by atoms with Crippen LogP contribution in [0.2, 0.25) is 0 Å². The number of aromatic nitrogens is 1. The van der Waals surface area contributed by atoms with Crippen LogP contribution in [0.1, 0.15) is 27.7 Å². The second-order valence-corrected chi connectivity index (χ2v) is 7.28. The Morgan fingerprint density at radius 1 is 1.10 bits per heavy atom. The van der Waals surface area contributed by atoms with Gasteiger partial charge in [0.05, 0.1) is 7.11 Å². The highest BCUT2D eigenvalue weighted by atomic mass is 16.5. The van der Waals surface area contributed by atoms with E-state index in [1.165, 1.54) is 5.56 Å². The van der Waals surface area contributed by atoms with E-state index in [-0.39, 0.29) is 11.9 Å². The summed E-state index contributed by atoms with van der Waals surface area (Å²) in [7, 11) is 1.63. The summed E-state index contributed by atoms with van der Waals surface area (Å²) in [5.74, 6) is 1.45. The van der Waals surface area contributed by atoms with Crippen molar-refractivity contribution in [3.05, 3.63) is 89.6 Å². The maximum absolute atomic E-state index is 12.6. The molecule has 0 aliphatic carbocycles. The Hall–Kier alpha value is -3.38. The Balaban J connectivity index is 1.40. The molecule has 154 valence electrons. The first-order chi connectivity index (χ1) is 14.7. The molecule has 1 saturated heterocycles. The van der Waals surface area contributed by atoms with Gasteiger partial charge in [-0.25, -0.2) is 4.98 Å². The van der Waals surface area contributed by atoms with Crippen LogP contribution in [0, 0.1) is 0 Å². The Morgan fingerprint density at radius 3 is 2.67 bits per heavy atom. The Kier molecular flexibility index (Phi) is 6.25. The molecule has 1 aliphatic rings. The van der Waals surface area contributed by atoms with Gasteiger partial charge in [-0.3, -0.25) is 4.79 Å². The van der Waals surface area contributed by atoms with E-state index in [4.69, 9.17) is 4.74 Å². The maximum atomic E-state index is 12.6. The van der Waals surface area contributed by atoms with Crippen LogP contribution in [0.4, 0.5) is 5.82 Å². The fourth-order valence-electron chi connectivity index (χ4n) is 3.61. The summed E-state index contributed by atoms with van der Waals surface area (Å²) < 4.78 is 5.16. The average Bonchev–Trinajstić information content (AvgIpc) is 2.83. The van der Waals surface area contributed by atoms with Crippen LogP contribution in [-0.2, 0) is 6.54 Å². The van der Waals surface area contributed by atoms with Gasteiger partial charge in [0.2, 0.25) is 0 Å². The summed E-state index contributed by atoms with van der Waals surface area (Å²) in [6.45, 7) is 2.98. The summed E-state index contributed by atoms with van der Waals surface area (Å²) in [6, 6.07) is 23.9. The van der Waals surface area contributed by atoms with Crippen molar-refractivity contribution in [3.63, 3.8) is 0 Å². The highest BCUT2D eigenvalue weighted by Gasteiger charge is 2.22. The lowest BCUT2D eigenvalue weighted by Crippen LogP contribution is -2.46. The largest absolute Gasteiger partial charge is 0.497 e. The second kappa shape index (κ2) is 9.41. The lowest BCUT2D eigenvalue weighted by molar-refractivity contribution is 0.0946. The number of piperazine rings is 1. The van der Waals surface area contributed by atoms with E-state index in [0.29, 0.717) is 12.2 Å². The fraction of sp³-hybridized carbons (Fsp3) is 0.250. The van der Waals surface area contributed by atoms with Crippen molar-refractivity contribution in [2.24, 2.45) is 0 Å². The number of nitrogens with zero attached hydrogens (tertiary/aromatic N) is 2. The third kappa shape index (κ3) is 4.78. The predicted molar refractivity (Wildman–Crippen MR) is 118 cm³/mol. The molecule has 4 rings (SSSR count). The smallest absolute Gasteiger partial charge is 0.270 e. The number of nitrogens with one attached hydrogen (secondary N) is 2. The first-order valence-electron chi connectivity index (χ1n) is 10.1. The molecule has 0 saturated carbocycles. The number of methoxy groups -OCH3 is 1. The molecule has 0 spiro atoms. The van der Waals surface area contributed by atoms with Gasteiger partial charge in [0.1, 0.15) is 17.3 Å². The van der Waals surface area contributed by atoms with Gasteiger partial charge in [-0.05, 0) is 35.4 Å². The zero-order valence-corrected chi connectivity index (χ0v) is 17.0. The molecule has 1 aliphatic heterocycles. The standard InChI is InChI=1S/C24H26N4O2/c1-30-20-12-10-18(11-13-20)16-26-24(29)21-8-5-9-23(27-21)28-15-14-25-22(17-28)19-6-3-2-4-7-19/h2-13,22,25H,14-17H2,1H3,(H,26,29)/t22-/m1/s1. The van der Waals surface area contributed by atoms with Gasteiger partial charge >= 0.3 is 0 Å². The van der Waals surface area contributed by atoms with Gasteiger partial charge < -0.3 is 20.3 Å². The van der Waals surface area contributed by atoms with Gasteiger partial charge in [-0.15, -0.1) is 0 Å². The quantitative estimate of drug-likeness (QED) is 0.663. The van der Waals surface area contributed by atoms with E-state index in [1.807, 2.05) is 42.5 Å². The predicted octanol–water partition coefficient (Wildman–Crippen LogP) is 3.17. The monoisotopic (exact) mass is 402 g/mol. The van der Waals surface area contributed by atoms with E-state index in [2.05, 4.69) is 44.8 Å². The molecular weight excluding hydrogens is 376 g/mol. The lowest BCUT2D eigenvalue weighted by Gasteiger charge is -2.34. The molecule has 1 aromatic heterocycles.